The highest BCUT2D eigenvalue weighted by Crippen LogP contribution is 2.18. The fraction of sp³-hybridized carbons (Fsp3) is 0.444. The second-order valence-corrected chi connectivity index (χ2v) is 8.85. The van der Waals surface area contributed by atoms with Crippen LogP contribution in [0.1, 0.15) is 19.0 Å². The topological polar surface area (TPSA) is 126 Å². The Labute approximate surface area is 161 Å². The van der Waals surface area contributed by atoms with Crippen LogP contribution in [-0.4, -0.2) is 66.1 Å². The number of H-pyrrole nitrogens is 1. The number of amides is 1. The summed E-state index contributed by atoms with van der Waals surface area (Å²) in [5, 5.41) is 7.20. The minimum atomic E-state index is -3.12. The smallest absolute Gasteiger partial charge is 0.312 e. The molecule has 1 aliphatic rings. The van der Waals surface area contributed by atoms with E-state index in [1.165, 1.54) is 4.90 Å². The fourth-order valence-corrected chi connectivity index (χ4v) is 5.11. The second-order valence-electron chi connectivity index (χ2n) is 6.62. The molecule has 3 rings (SSSR count). The molecule has 0 radical (unpaired) electrons. The Morgan fingerprint density at radius 3 is 2.64 bits per heavy atom. The summed E-state index contributed by atoms with van der Waals surface area (Å²) in [7, 11) is -3.12. The molecule has 0 bridgehead atoms. The maximum absolute atomic E-state index is 12.4. The van der Waals surface area contributed by atoms with Crippen molar-refractivity contribution in [3.8, 4) is 0 Å². The summed E-state index contributed by atoms with van der Waals surface area (Å²) in [5.41, 5.74) is -0.00474. The van der Waals surface area contributed by atoms with E-state index >= 15 is 0 Å². The highest BCUT2D eigenvalue weighted by molar-refractivity contribution is 7.91. The number of likely N-dealkylation sites (N-methyl/N-ethyl adjacent to an activating group) is 1. The molecule has 1 N–H and O–H groups in total. The molecule has 2 aromatic rings. The van der Waals surface area contributed by atoms with Crippen molar-refractivity contribution >= 4 is 32.5 Å². The number of hydrogen-bond donors (Lipinski definition) is 1. The highest BCUT2D eigenvalue weighted by atomic mass is 32.2. The monoisotopic (exact) mass is 407 g/mol. The number of nitrogens with one attached hydrogen (secondary N) is 1. The van der Waals surface area contributed by atoms with Gasteiger partial charge in [-0.05, 0) is 19.4 Å². The SMILES string of the molecule is CCN(C(=O)COC(=O)Cc1n[nH]c(=O)c2ccccc12)[C@@H]1CCS(=O)(=O)C1. The van der Waals surface area contributed by atoms with E-state index in [0.29, 0.717) is 29.4 Å². The number of nitrogens with zero attached hydrogens (tertiary/aromatic N) is 2. The first-order valence-electron chi connectivity index (χ1n) is 8.92. The zero-order valence-electron chi connectivity index (χ0n) is 15.4. The molecule has 0 aliphatic carbocycles. The lowest BCUT2D eigenvalue weighted by atomic mass is 10.1. The standard InChI is InChI=1S/C18H21N3O6S/c1-2-21(12-7-8-28(25,26)11-12)16(22)10-27-17(23)9-15-13-5-3-4-6-14(13)18(24)20-19-15/h3-6,12H,2,7-11H2,1H3,(H,20,24)/t12-/m1/s1. The first kappa shape index (κ1) is 20.0. The molecule has 1 amide bonds. The van der Waals surface area contributed by atoms with Crippen molar-refractivity contribution in [2.45, 2.75) is 25.8 Å². The Balaban J connectivity index is 1.62. The summed E-state index contributed by atoms with van der Waals surface area (Å²) >= 11 is 0. The van der Waals surface area contributed by atoms with Crippen molar-refractivity contribution in [1.82, 2.24) is 15.1 Å². The van der Waals surface area contributed by atoms with E-state index < -0.39 is 28.3 Å². The summed E-state index contributed by atoms with van der Waals surface area (Å²) in [4.78, 5) is 37.8. The third-order valence-corrected chi connectivity index (χ3v) is 6.50. The van der Waals surface area contributed by atoms with Crippen LogP contribution in [0.15, 0.2) is 29.1 Å². The number of hydrogen-bond acceptors (Lipinski definition) is 7. The van der Waals surface area contributed by atoms with Crippen LogP contribution in [0.4, 0.5) is 0 Å². The summed E-state index contributed by atoms with van der Waals surface area (Å²) in [6.45, 7) is 1.62. The van der Waals surface area contributed by atoms with Gasteiger partial charge in [0.25, 0.3) is 11.5 Å². The Morgan fingerprint density at radius 1 is 1.29 bits per heavy atom. The number of carbonyl (C=O) groups excluding carboxylic acids is 2. The van der Waals surface area contributed by atoms with Crippen LogP contribution in [0.2, 0.25) is 0 Å². The van der Waals surface area contributed by atoms with Crippen molar-refractivity contribution in [1.29, 1.82) is 0 Å². The van der Waals surface area contributed by atoms with Crippen molar-refractivity contribution < 1.29 is 22.7 Å². The largest absolute Gasteiger partial charge is 0.455 e. The molecule has 28 heavy (non-hydrogen) atoms. The second kappa shape index (κ2) is 8.09. The van der Waals surface area contributed by atoms with E-state index in [4.69, 9.17) is 4.74 Å². The maximum Gasteiger partial charge on any atom is 0.312 e. The zero-order valence-corrected chi connectivity index (χ0v) is 16.2. The van der Waals surface area contributed by atoms with Crippen LogP contribution in [-0.2, 0) is 30.6 Å². The lowest BCUT2D eigenvalue weighted by Crippen LogP contribution is -2.43. The maximum atomic E-state index is 12.4. The molecular formula is C18H21N3O6S. The first-order valence-corrected chi connectivity index (χ1v) is 10.7. The quantitative estimate of drug-likeness (QED) is 0.670. The van der Waals surface area contributed by atoms with Gasteiger partial charge in [-0.25, -0.2) is 13.5 Å². The van der Waals surface area contributed by atoms with Crippen LogP contribution >= 0.6 is 0 Å². The first-order chi connectivity index (χ1) is 13.3. The average Bonchev–Trinajstić information content (AvgIpc) is 3.02. The molecule has 1 aromatic heterocycles. The van der Waals surface area contributed by atoms with Gasteiger partial charge in [-0.1, -0.05) is 18.2 Å². The summed E-state index contributed by atoms with van der Waals surface area (Å²) in [6.07, 6.45) is 0.192. The molecule has 1 aromatic carbocycles. The molecule has 0 saturated carbocycles. The van der Waals surface area contributed by atoms with Gasteiger partial charge in [0, 0.05) is 18.0 Å². The molecule has 10 heteroatoms. The predicted octanol–water partition coefficient (Wildman–Crippen LogP) is 0.0444. The van der Waals surface area contributed by atoms with Crippen molar-refractivity contribution in [3.05, 3.63) is 40.3 Å². The van der Waals surface area contributed by atoms with Gasteiger partial charge in [-0.3, -0.25) is 14.4 Å². The van der Waals surface area contributed by atoms with Gasteiger partial charge < -0.3 is 9.64 Å². The molecule has 0 unspecified atom stereocenters. The molecule has 2 heterocycles. The fourth-order valence-electron chi connectivity index (χ4n) is 3.38. The number of aromatic amines is 1. The van der Waals surface area contributed by atoms with E-state index in [1.54, 1.807) is 31.2 Å². The van der Waals surface area contributed by atoms with Gasteiger partial charge >= 0.3 is 5.97 Å². The van der Waals surface area contributed by atoms with Crippen LogP contribution in [0, 0.1) is 0 Å². The number of esters is 1. The number of aromatic nitrogens is 2. The Morgan fingerprint density at radius 2 is 2.00 bits per heavy atom. The number of carbonyl (C=O) groups is 2. The number of ether oxygens (including phenoxy) is 1. The molecular weight excluding hydrogens is 386 g/mol. The lowest BCUT2D eigenvalue weighted by Gasteiger charge is -2.26. The van der Waals surface area contributed by atoms with E-state index in [2.05, 4.69) is 10.2 Å². The summed E-state index contributed by atoms with van der Waals surface area (Å²) in [6, 6.07) is 6.37. The van der Waals surface area contributed by atoms with E-state index in [1.807, 2.05) is 0 Å². The number of sulfone groups is 1. The van der Waals surface area contributed by atoms with Crippen LogP contribution in [0.3, 0.4) is 0 Å². The Kier molecular flexibility index (Phi) is 5.78. The van der Waals surface area contributed by atoms with Crippen LogP contribution in [0.25, 0.3) is 10.8 Å². The minimum absolute atomic E-state index is 0.0617. The molecule has 0 spiro atoms. The molecule has 1 atom stereocenters. The summed E-state index contributed by atoms with van der Waals surface area (Å²) < 4.78 is 28.3. The van der Waals surface area contributed by atoms with Crippen LogP contribution < -0.4 is 5.56 Å². The molecule has 9 nitrogen and oxygen atoms in total. The minimum Gasteiger partial charge on any atom is -0.455 e. The van der Waals surface area contributed by atoms with E-state index in [0.717, 1.165) is 0 Å². The number of fused-ring (bicyclic) bond motifs is 1. The van der Waals surface area contributed by atoms with Gasteiger partial charge in [-0.15, -0.1) is 0 Å². The lowest BCUT2D eigenvalue weighted by molar-refractivity contribution is -0.152. The third kappa shape index (κ3) is 4.38. The highest BCUT2D eigenvalue weighted by Gasteiger charge is 2.34. The van der Waals surface area contributed by atoms with E-state index in [-0.39, 0.29) is 29.5 Å². The molecule has 150 valence electrons. The molecule has 1 fully saturated rings. The van der Waals surface area contributed by atoms with Gasteiger partial charge in [0.1, 0.15) is 0 Å². The van der Waals surface area contributed by atoms with Gasteiger partial charge in [0.2, 0.25) is 0 Å². The van der Waals surface area contributed by atoms with Gasteiger partial charge in [0.05, 0.1) is 29.0 Å². The summed E-state index contributed by atoms with van der Waals surface area (Å²) in [5.74, 6) is -1.09. The Hall–Kier alpha value is -2.75. The van der Waals surface area contributed by atoms with Crippen molar-refractivity contribution in [3.63, 3.8) is 0 Å². The van der Waals surface area contributed by atoms with Crippen molar-refractivity contribution in [2.75, 3.05) is 24.7 Å². The Bertz CT molecular complexity index is 1060. The number of rotatable bonds is 6. The van der Waals surface area contributed by atoms with Crippen LogP contribution in [0.5, 0.6) is 0 Å². The predicted molar refractivity (Wildman–Crippen MR) is 101 cm³/mol. The molecule has 1 saturated heterocycles. The molecule has 1 aliphatic heterocycles. The van der Waals surface area contributed by atoms with Gasteiger partial charge in [0.15, 0.2) is 16.4 Å². The average molecular weight is 407 g/mol. The third-order valence-electron chi connectivity index (χ3n) is 4.75. The van der Waals surface area contributed by atoms with E-state index in [9.17, 15) is 22.8 Å². The zero-order chi connectivity index (χ0) is 20.3. The number of benzene rings is 1. The normalized spacial score (nSPS) is 18.1. The van der Waals surface area contributed by atoms with Gasteiger partial charge in [-0.2, -0.15) is 5.10 Å². The van der Waals surface area contributed by atoms with Crippen molar-refractivity contribution in [2.24, 2.45) is 0 Å².